The number of aryl methyl sites for hydroxylation is 1. The van der Waals surface area contributed by atoms with Gasteiger partial charge >= 0.3 is 6.03 Å². The van der Waals surface area contributed by atoms with Crippen LogP contribution in [-0.2, 0) is 7.05 Å². The molecule has 1 aliphatic rings. The van der Waals surface area contributed by atoms with E-state index in [2.05, 4.69) is 15.6 Å². The van der Waals surface area contributed by atoms with Gasteiger partial charge in [-0.25, -0.2) is 9.78 Å². The van der Waals surface area contributed by atoms with Crippen molar-refractivity contribution in [1.82, 2.24) is 19.8 Å². The quantitative estimate of drug-likeness (QED) is 0.628. The van der Waals surface area contributed by atoms with E-state index in [1.165, 1.54) is 9.47 Å². The summed E-state index contributed by atoms with van der Waals surface area (Å²) in [5.41, 5.74) is 4.08. The molecular formula is C24H26N6O3. The molecule has 3 aromatic rings. The predicted octanol–water partition coefficient (Wildman–Crippen LogP) is 2.73. The Morgan fingerprint density at radius 3 is 2.48 bits per heavy atom. The molecule has 0 aliphatic carbocycles. The van der Waals surface area contributed by atoms with Gasteiger partial charge < -0.3 is 20.1 Å². The number of carbonyl (C=O) groups excluding carboxylic acids is 2. The van der Waals surface area contributed by atoms with Gasteiger partial charge in [0.05, 0.1) is 5.69 Å². The van der Waals surface area contributed by atoms with Crippen LogP contribution in [0.2, 0.25) is 0 Å². The molecule has 1 saturated heterocycles. The monoisotopic (exact) mass is 446 g/mol. The molecule has 0 bridgehead atoms. The van der Waals surface area contributed by atoms with Crippen LogP contribution in [0.4, 0.5) is 22.0 Å². The highest BCUT2D eigenvalue weighted by Crippen LogP contribution is 2.30. The summed E-state index contributed by atoms with van der Waals surface area (Å²) < 4.78 is 1.48. The minimum atomic E-state index is -0.278. The molecule has 2 N–H and O–H groups in total. The van der Waals surface area contributed by atoms with Crippen LogP contribution in [0.15, 0.2) is 53.5 Å². The highest BCUT2D eigenvalue weighted by atomic mass is 16.2. The Morgan fingerprint density at radius 1 is 1.12 bits per heavy atom. The first kappa shape index (κ1) is 22.1. The zero-order chi connectivity index (χ0) is 23.7. The Hall–Kier alpha value is -4.14. The number of aromatic nitrogens is 2. The topological polar surface area (TPSA) is 99.6 Å². The first-order valence-electron chi connectivity index (χ1n) is 10.6. The second-order valence-corrected chi connectivity index (χ2v) is 8.13. The van der Waals surface area contributed by atoms with Gasteiger partial charge in [0, 0.05) is 62.9 Å². The van der Waals surface area contributed by atoms with Crippen molar-refractivity contribution < 1.29 is 9.59 Å². The lowest BCUT2D eigenvalue weighted by Crippen LogP contribution is -2.28. The van der Waals surface area contributed by atoms with Crippen LogP contribution < -0.4 is 21.1 Å². The number of urea groups is 1. The molecule has 2 heterocycles. The Kier molecular flexibility index (Phi) is 5.87. The van der Waals surface area contributed by atoms with Gasteiger partial charge in [-0.15, -0.1) is 0 Å². The summed E-state index contributed by atoms with van der Waals surface area (Å²) in [4.78, 5) is 44.8. The molecule has 1 aliphatic heterocycles. The molecule has 0 atom stereocenters. The van der Waals surface area contributed by atoms with Crippen LogP contribution in [0.3, 0.4) is 0 Å². The molecule has 0 radical (unpaired) electrons. The second-order valence-electron chi connectivity index (χ2n) is 8.13. The van der Waals surface area contributed by atoms with E-state index in [0.29, 0.717) is 30.0 Å². The van der Waals surface area contributed by atoms with Crippen LogP contribution in [0.1, 0.15) is 15.9 Å². The highest BCUT2D eigenvalue weighted by Gasteiger charge is 2.24. The second kappa shape index (κ2) is 8.78. The maximum atomic E-state index is 12.7. The number of amides is 3. The summed E-state index contributed by atoms with van der Waals surface area (Å²) in [6.07, 6.45) is 1.68. The summed E-state index contributed by atoms with van der Waals surface area (Å²) in [6.45, 7) is 3.15. The summed E-state index contributed by atoms with van der Waals surface area (Å²) >= 11 is 0. The van der Waals surface area contributed by atoms with Gasteiger partial charge in [0.15, 0.2) is 5.82 Å². The van der Waals surface area contributed by atoms with E-state index in [4.69, 9.17) is 0 Å². The number of carbonyl (C=O) groups is 2. The molecule has 0 spiro atoms. The molecule has 9 heteroatoms. The lowest BCUT2D eigenvalue weighted by atomic mass is 10.0. The summed E-state index contributed by atoms with van der Waals surface area (Å²) in [7, 11) is 5.06. The first-order valence-corrected chi connectivity index (χ1v) is 10.6. The van der Waals surface area contributed by atoms with Crippen molar-refractivity contribution in [2.45, 2.75) is 6.92 Å². The highest BCUT2D eigenvalue weighted by molar-refractivity contribution is 5.96. The third-order valence-corrected chi connectivity index (χ3v) is 5.60. The predicted molar refractivity (Wildman–Crippen MR) is 128 cm³/mol. The van der Waals surface area contributed by atoms with Crippen molar-refractivity contribution in [2.24, 2.45) is 7.05 Å². The Bertz CT molecular complexity index is 1280. The maximum absolute atomic E-state index is 12.7. The fourth-order valence-corrected chi connectivity index (χ4v) is 3.80. The number of anilines is 3. The number of nitrogens with one attached hydrogen (secondary N) is 2. The van der Waals surface area contributed by atoms with Gasteiger partial charge in [0.2, 0.25) is 0 Å². The molecular weight excluding hydrogens is 420 g/mol. The molecule has 3 amide bonds. The van der Waals surface area contributed by atoms with E-state index >= 15 is 0 Å². The van der Waals surface area contributed by atoms with Crippen LogP contribution in [0, 0.1) is 6.92 Å². The Balaban J connectivity index is 1.68. The molecule has 9 nitrogen and oxygen atoms in total. The van der Waals surface area contributed by atoms with Crippen molar-refractivity contribution in [1.29, 1.82) is 0 Å². The molecule has 33 heavy (non-hydrogen) atoms. The summed E-state index contributed by atoms with van der Waals surface area (Å²) in [5, 5.41) is 5.89. The molecule has 1 fully saturated rings. The number of hydrogen-bond donors (Lipinski definition) is 2. The standard InChI is InChI=1S/C24H26N6O3/c1-15-18(6-5-7-20(15)30-13-12-25-24(30)33)19-14-29(4)23(32)21(27-19)26-17-10-8-16(9-11-17)22(31)28(2)3/h5-11,14H,12-13H2,1-4H3,(H,25,33)(H,26,27). The molecule has 1 aromatic heterocycles. The fraction of sp³-hybridized carbons (Fsp3) is 0.250. The molecule has 0 saturated carbocycles. The molecule has 2 aromatic carbocycles. The van der Waals surface area contributed by atoms with E-state index < -0.39 is 0 Å². The van der Waals surface area contributed by atoms with Crippen molar-refractivity contribution in [3.8, 4) is 11.3 Å². The maximum Gasteiger partial charge on any atom is 0.322 e. The molecule has 0 unspecified atom stereocenters. The van der Waals surface area contributed by atoms with Crippen molar-refractivity contribution >= 4 is 29.1 Å². The van der Waals surface area contributed by atoms with Crippen LogP contribution in [-0.4, -0.2) is 53.6 Å². The number of benzene rings is 2. The van der Waals surface area contributed by atoms with Gasteiger partial charge in [-0.05, 0) is 42.8 Å². The number of rotatable bonds is 5. The van der Waals surface area contributed by atoms with Gasteiger partial charge in [-0.1, -0.05) is 12.1 Å². The largest absolute Gasteiger partial charge is 0.345 e. The first-order chi connectivity index (χ1) is 15.8. The number of nitrogens with zero attached hydrogens (tertiary/aromatic N) is 4. The van der Waals surface area contributed by atoms with E-state index in [1.54, 1.807) is 56.5 Å². The minimum Gasteiger partial charge on any atom is -0.345 e. The normalized spacial score (nSPS) is 13.1. The van der Waals surface area contributed by atoms with Gasteiger partial charge in [-0.2, -0.15) is 0 Å². The third kappa shape index (κ3) is 4.30. The fourth-order valence-electron chi connectivity index (χ4n) is 3.80. The summed E-state index contributed by atoms with van der Waals surface area (Å²) in [5.74, 6) is 0.0741. The minimum absolute atomic E-state index is 0.0976. The van der Waals surface area contributed by atoms with E-state index in [9.17, 15) is 14.4 Å². The van der Waals surface area contributed by atoms with E-state index in [0.717, 1.165) is 16.8 Å². The van der Waals surface area contributed by atoms with Crippen molar-refractivity contribution in [3.63, 3.8) is 0 Å². The lowest BCUT2D eigenvalue weighted by molar-refractivity contribution is 0.0827. The summed E-state index contributed by atoms with van der Waals surface area (Å²) in [6, 6.07) is 12.5. The zero-order valence-corrected chi connectivity index (χ0v) is 19.0. The van der Waals surface area contributed by atoms with Gasteiger partial charge in [-0.3, -0.25) is 14.5 Å². The molecule has 170 valence electrons. The van der Waals surface area contributed by atoms with E-state index in [-0.39, 0.29) is 23.3 Å². The average Bonchev–Trinajstić information content (AvgIpc) is 3.22. The average molecular weight is 447 g/mol. The van der Waals surface area contributed by atoms with E-state index in [1.807, 2.05) is 25.1 Å². The van der Waals surface area contributed by atoms with Crippen LogP contribution in [0.25, 0.3) is 11.3 Å². The third-order valence-electron chi connectivity index (χ3n) is 5.60. The van der Waals surface area contributed by atoms with Crippen molar-refractivity contribution in [3.05, 3.63) is 70.1 Å². The molecule has 4 rings (SSSR count). The van der Waals surface area contributed by atoms with Crippen LogP contribution in [0.5, 0.6) is 0 Å². The smallest absolute Gasteiger partial charge is 0.322 e. The Morgan fingerprint density at radius 2 is 1.85 bits per heavy atom. The Labute approximate surface area is 191 Å². The SMILES string of the molecule is Cc1c(-c2cn(C)c(=O)c(Nc3ccc(C(=O)N(C)C)cc3)n2)cccc1N1CCNC1=O. The van der Waals surface area contributed by atoms with Gasteiger partial charge in [0.1, 0.15) is 0 Å². The van der Waals surface area contributed by atoms with Crippen molar-refractivity contribution in [2.75, 3.05) is 37.4 Å². The zero-order valence-electron chi connectivity index (χ0n) is 19.0. The van der Waals surface area contributed by atoms with Crippen LogP contribution >= 0.6 is 0 Å². The lowest BCUT2D eigenvalue weighted by Gasteiger charge is -2.19. The number of hydrogen-bond acceptors (Lipinski definition) is 5. The van der Waals surface area contributed by atoms with Gasteiger partial charge in [0.25, 0.3) is 11.5 Å².